The van der Waals surface area contributed by atoms with Gasteiger partial charge in [-0.3, -0.25) is 9.78 Å². The summed E-state index contributed by atoms with van der Waals surface area (Å²) in [5.74, 6) is -0.134. The van der Waals surface area contributed by atoms with Crippen molar-refractivity contribution >= 4 is 27.9 Å². The van der Waals surface area contributed by atoms with Crippen molar-refractivity contribution in [3.63, 3.8) is 0 Å². The molecule has 0 saturated carbocycles. The summed E-state index contributed by atoms with van der Waals surface area (Å²) < 4.78 is 0.989. The van der Waals surface area contributed by atoms with Crippen LogP contribution in [0.25, 0.3) is 6.08 Å². The van der Waals surface area contributed by atoms with Gasteiger partial charge in [0, 0.05) is 16.7 Å². The van der Waals surface area contributed by atoms with Gasteiger partial charge in [0.05, 0.1) is 12.2 Å². The molecule has 4 heteroatoms. The lowest BCUT2D eigenvalue weighted by molar-refractivity contribution is -0.116. The first-order chi connectivity index (χ1) is 9.24. The molecule has 1 aromatic carbocycles. The Labute approximate surface area is 120 Å². The molecular weight excluding hydrogens is 304 g/mol. The smallest absolute Gasteiger partial charge is 0.244 e. The summed E-state index contributed by atoms with van der Waals surface area (Å²) in [6.07, 6.45) is 5.00. The number of nitrogens with one attached hydrogen (secondary N) is 1. The van der Waals surface area contributed by atoms with Gasteiger partial charge in [-0.05, 0) is 35.9 Å². The fraction of sp³-hybridized carbons (Fsp3) is 0.0667. The number of hydrogen-bond acceptors (Lipinski definition) is 2. The molecule has 2 rings (SSSR count). The number of hydrogen-bond donors (Lipinski definition) is 1. The van der Waals surface area contributed by atoms with E-state index in [0.29, 0.717) is 6.54 Å². The minimum Gasteiger partial charge on any atom is -0.347 e. The van der Waals surface area contributed by atoms with Crippen LogP contribution in [0.5, 0.6) is 0 Å². The van der Waals surface area contributed by atoms with Crippen LogP contribution in [0.2, 0.25) is 0 Å². The van der Waals surface area contributed by atoms with Gasteiger partial charge in [-0.25, -0.2) is 0 Å². The van der Waals surface area contributed by atoms with Crippen molar-refractivity contribution in [1.29, 1.82) is 0 Å². The molecule has 19 heavy (non-hydrogen) atoms. The van der Waals surface area contributed by atoms with Gasteiger partial charge in [0.1, 0.15) is 0 Å². The number of benzene rings is 1. The van der Waals surface area contributed by atoms with Crippen LogP contribution in [0.1, 0.15) is 11.3 Å². The minimum atomic E-state index is -0.134. The molecule has 0 aliphatic carbocycles. The maximum Gasteiger partial charge on any atom is 0.244 e. The van der Waals surface area contributed by atoms with Crippen LogP contribution in [0.15, 0.2) is 59.2 Å². The average Bonchev–Trinajstić information content (AvgIpc) is 2.44. The predicted molar refractivity (Wildman–Crippen MR) is 79.3 cm³/mol. The van der Waals surface area contributed by atoms with Crippen LogP contribution in [-0.2, 0) is 11.3 Å². The van der Waals surface area contributed by atoms with E-state index in [-0.39, 0.29) is 5.91 Å². The van der Waals surface area contributed by atoms with Crippen LogP contribution in [-0.4, -0.2) is 10.9 Å². The van der Waals surface area contributed by atoms with Crippen LogP contribution < -0.4 is 5.32 Å². The monoisotopic (exact) mass is 316 g/mol. The van der Waals surface area contributed by atoms with E-state index in [9.17, 15) is 4.79 Å². The minimum absolute atomic E-state index is 0.134. The van der Waals surface area contributed by atoms with Gasteiger partial charge in [-0.2, -0.15) is 0 Å². The normalized spacial score (nSPS) is 10.6. The van der Waals surface area contributed by atoms with Gasteiger partial charge < -0.3 is 5.32 Å². The van der Waals surface area contributed by atoms with E-state index in [2.05, 4.69) is 26.2 Å². The first-order valence-electron chi connectivity index (χ1n) is 5.85. The number of carbonyl (C=O) groups excluding carboxylic acids is 1. The zero-order chi connectivity index (χ0) is 13.5. The maximum absolute atomic E-state index is 11.6. The van der Waals surface area contributed by atoms with Gasteiger partial charge in [-0.1, -0.05) is 34.1 Å². The standard InChI is InChI=1S/C15H13BrN2O/c16-13-5-3-4-12(10-13)7-8-15(19)18-11-14-6-1-2-9-17-14/h1-10H,11H2,(H,18,19)/b8-7+. The highest BCUT2D eigenvalue weighted by Gasteiger charge is 1.97. The van der Waals surface area contributed by atoms with Gasteiger partial charge in [0.15, 0.2) is 0 Å². The zero-order valence-electron chi connectivity index (χ0n) is 10.2. The van der Waals surface area contributed by atoms with Crippen molar-refractivity contribution in [2.45, 2.75) is 6.54 Å². The van der Waals surface area contributed by atoms with Crippen LogP contribution in [0.4, 0.5) is 0 Å². The van der Waals surface area contributed by atoms with E-state index in [1.807, 2.05) is 42.5 Å². The van der Waals surface area contributed by atoms with Crippen molar-refractivity contribution < 1.29 is 4.79 Å². The molecule has 0 aliphatic heterocycles. The van der Waals surface area contributed by atoms with Crippen LogP contribution in [0.3, 0.4) is 0 Å². The van der Waals surface area contributed by atoms with Gasteiger partial charge in [0.2, 0.25) is 5.91 Å². The molecule has 1 amide bonds. The first kappa shape index (κ1) is 13.5. The lowest BCUT2D eigenvalue weighted by Crippen LogP contribution is -2.20. The summed E-state index contributed by atoms with van der Waals surface area (Å²) in [5.41, 5.74) is 1.81. The highest BCUT2D eigenvalue weighted by molar-refractivity contribution is 9.10. The van der Waals surface area contributed by atoms with Gasteiger partial charge in [-0.15, -0.1) is 0 Å². The Balaban J connectivity index is 1.88. The number of nitrogens with zero attached hydrogens (tertiary/aromatic N) is 1. The number of pyridine rings is 1. The largest absolute Gasteiger partial charge is 0.347 e. The second-order valence-electron chi connectivity index (χ2n) is 3.93. The summed E-state index contributed by atoms with van der Waals surface area (Å²) in [4.78, 5) is 15.8. The fourth-order valence-corrected chi connectivity index (χ4v) is 1.94. The quantitative estimate of drug-likeness (QED) is 0.880. The highest BCUT2D eigenvalue weighted by Crippen LogP contribution is 2.12. The van der Waals surface area contributed by atoms with Gasteiger partial charge >= 0.3 is 0 Å². The lowest BCUT2D eigenvalue weighted by Gasteiger charge is -2.01. The molecule has 0 saturated heterocycles. The molecule has 0 aliphatic rings. The number of amides is 1. The number of carbonyl (C=O) groups is 1. The summed E-state index contributed by atoms with van der Waals surface area (Å²) in [6.45, 7) is 0.433. The molecule has 0 bridgehead atoms. The van der Waals surface area contributed by atoms with Crippen molar-refractivity contribution in [2.75, 3.05) is 0 Å². The van der Waals surface area contributed by atoms with Crippen molar-refractivity contribution in [1.82, 2.24) is 10.3 Å². The first-order valence-corrected chi connectivity index (χ1v) is 6.65. The highest BCUT2D eigenvalue weighted by atomic mass is 79.9. The van der Waals surface area contributed by atoms with Crippen LogP contribution >= 0.6 is 15.9 Å². The molecule has 3 nitrogen and oxygen atoms in total. The van der Waals surface area contributed by atoms with E-state index in [1.54, 1.807) is 12.3 Å². The number of aromatic nitrogens is 1. The number of halogens is 1. The Morgan fingerprint density at radius 1 is 1.26 bits per heavy atom. The molecule has 1 N–H and O–H groups in total. The molecule has 0 radical (unpaired) electrons. The summed E-state index contributed by atoms with van der Waals surface area (Å²) in [5, 5.41) is 2.78. The van der Waals surface area contributed by atoms with Gasteiger partial charge in [0.25, 0.3) is 0 Å². The van der Waals surface area contributed by atoms with E-state index in [0.717, 1.165) is 15.7 Å². The molecule has 0 atom stereocenters. The predicted octanol–water partition coefficient (Wildman–Crippen LogP) is 3.17. The molecule has 0 spiro atoms. The van der Waals surface area contributed by atoms with E-state index in [1.165, 1.54) is 6.08 Å². The topological polar surface area (TPSA) is 42.0 Å². The SMILES string of the molecule is O=C(/C=C/c1cccc(Br)c1)NCc1ccccn1. The Morgan fingerprint density at radius 3 is 2.89 bits per heavy atom. The third-order valence-electron chi connectivity index (χ3n) is 2.45. The van der Waals surface area contributed by atoms with E-state index < -0.39 is 0 Å². The Kier molecular flexibility index (Phi) is 4.86. The summed E-state index contributed by atoms with van der Waals surface area (Å²) >= 11 is 3.39. The molecule has 1 aromatic heterocycles. The third kappa shape index (κ3) is 4.67. The summed E-state index contributed by atoms with van der Waals surface area (Å²) in [7, 11) is 0. The Hall–Kier alpha value is -1.94. The molecule has 0 fully saturated rings. The number of rotatable bonds is 4. The molecular formula is C15H13BrN2O. The lowest BCUT2D eigenvalue weighted by atomic mass is 10.2. The van der Waals surface area contributed by atoms with E-state index in [4.69, 9.17) is 0 Å². The maximum atomic E-state index is 11.6. The Bertz CT molecular complexity index is 582. The molecule has 96 valence electrons. The zero-order valence-corrected chi connectivity index (χ0v) is 11.8. The second kappa shape index (κ2) is 6.85. The molecule has 0 unspecified atom stereocenters. The molecule has 1 heterocycles. The average molecular weight is 317 g/mol. The summed E-state index contributed by atoms with van der Waals surface area (Å²) in [6, 6.07) is 13.4. The van der Waals surface area contributed by atoms with E-state index >= 15 is 0 Å². The van der Waals surface area contributed by atoms with Crippen LogP contribution in [0, 0.1) is 0 Å². The van der Waals surface area contributed by atoms with Crippen molar-refractivity contribution in [3.05, 3.63) is 70.5 Å². The van der Waals surface area contributed by atoms with Crippen molar-refractivity contribution in [2.24, 2.45) is 0 Å². The Morgan fingerprint density at radius 2 is 2.16 bits per heavy atom. The fourth-order valence-electron chi connectivity index (χ4n) is 1.52. The van der Waals surface area contributed by atoms with Crippen molar-refractivity contribution in [3.8, 4) is 0 Å². The third-order valence-corrected chi connectivity index (χ3v) is 2.94. The second-order valence-corrected chi connectivity index (χ2v) is 4.84. The molecule has 2 aromatic rings.